The third-order valence-electron chi connectivity index (χ3n) is 3.43. The number of methoxy groups -OCH3 is 1. The van der Waals surface area contributed by atoms with Crippen molar-refractivity contribution in [2.75, 3.05) is 17.7 Å². The molecule has 1 atom stereocenters. The van der Waals surface area contributed by atoms with E-state index in [9.17, 15) is 13.2 Å². The highest BCUT2D eigenvalue weighted by atomic mass is 35.5. The van der Waals surface area contributed by atoms with Crippen LogP contribution in [0.3, 0.4) is 0 Å². The fourth-order valence-electron chi connectivity index (χ4n) is 2.30. The van der Waals surface area contributed by atoms with Gasteiger partial charge < -0.3 is 15.4 Å². The predicted molar refractivity (Wildman–Crippen MR) is 90.8 cm³/mol. The Labute approximate surface area is 144 Å². The summed E-state index contributed by atoms with van der Waals surface area (Å²) in [5, 5.41) is 5.79. The van der Waals surface area contributed by atoms with E-state index in [1.54, 1.807) is 30.3 Å². The first kappa shape index (κ1) is 16.6. The summed E-state index contributed by atoms with van der Waals surface area (Å²) in [4.78, 5) is 12.5. The molecule has 126 valence electrons. The van der Waals surface area contributed by atoms with Crippen LogP contribution >= 0.6 is 11.6 Å². The van der Waals surface area contributed by atoms with Gasteiger partial charge >= 0.3 is 0 Å². The molecular weight excluding hydrogens is 354 g/mol. The van der Waals surface area contributed by atoms with Crippen molar-refractivity contribution in [1.82, 2.24) is 4.72 Å². The van der Waals surface area contributed by atoms with Crippen LogP contribution in [0.2, 0.25) is 5.02 Å². The lowest BCUT2D eigenvalue weighted by Crippen LogP contribution is -2.51. The molecule has 0 saturated carbocycles. The van der Waals surface area contributed by atoms with Crippen molar-refractivity contribution < 1.29 is 17.9 Å². The van der Waals surface area contributed by atoms with Gasteiger partial charge in [-0.1, -0.05) is 23.7 Å². The van der Waals surface area contributed by atoms with E-state index >= 15 is 0 Å². The second kappa shape index (κ2) is 6.31. The minimum atomic E-state index is -3.77. The molecule has 0 radical (unpaired) electrons. The quantitative estimate of drug-likeness (QED) is 0.771. The standard InChI is InChI=1S/C15H14ClN3O4S/c1-23-12-7-6-9(8-10(12)16)17-15(20)14-18-11-4-2-3-5-13(11)24(21,22)19-14/h2-8,14,18-19H,1H3,(H,17,20)/t14-/m1/s1. The van der Waals surface area contributed by atoms with Crippen LogP contribution in [0.15, 0.2) is 47.4 Å². The molecule has 0 spiro atoms. The number of hydrogen-bond acceptors (Lipinski definition) is 5. The Hall–Kier alpha value is -2.29. The van der Waals surface area contributed by atoms with Crippen LogP contribution in [0.25, 0.3) is 0 Å². The molecule has 0 unspecified atom stereocenters. The number of ether oxygens (including phenoxy) is 1. The summed E-state index contributed by atoms with van der Waals surface area (Å²) < 4.78 is 31.8. The lowest BCUT2D eigenvalue weighted by molar-refractivity contribution is -0.117. The number of halogens is 1. The Balaban J connectivity index is 1.81. The van der Waals surface area contributed by atoms with Gasteiger partial charge in [0.05, 0.1) is 17.8 Å². The molecule has 7 nitrogen and oxygen atoms in total. The van der Waals surface area contributed by atoms with Crippen molar-refractivity contribution in [3.05, 3.63) is 47.5 Å². The maximum atomic E-state index is 12.4. The maximum absolute atomic E-state index is 12.4. The Bertz CT molecular complexity index is 901. The van der Waals surface area contributed by atoms with E-state index in [1.165, 1.54) is 19.2 Å². The summed E-state index contributed by atoms with van der Waals surface area (Å²) >= 11 is 6.01. The zero-order chi connectivity index (χ0) is 17.3. The van der Waals surface area contributed by atoms with E-state index in [0.29, 0.717) is 22.1 Å². The number of fused-ring (bicyclic) bond motifs is 1. The summed E-state index contributed by atoms with van der Waals surface area (Å²) in [5.41, 5.74) is 0.787. The van der Waals surface area contributed by atoms with E-state index in [4.69, 9.17) is 16.3 Å². The molecule has 1 aliphatic rings. The molecule has 1 aliphatic heterocycles. The lowest BCUT2D eigenvalue weighted by atomic mass is 10.2. The molecule has 3 N–H and O–H groups in total. The number of sulfonamides is 1. The van der Waals surface area contributed by atoms with Crippen LogP contribution in [-0.4, -0.2) is 27.6 Å². The molecular formula is C15H14ClN3O4S. The summed E-state index contributed by atoms with van der Waals surface area (Å²) in [5.74, 6) is -0.0885. The first-order chi connectivity index (χ1) is 11.4. The average Bonchev–Trinajstić information content (AvgIpc) is 2.54. The number of carbonyl (C=O) groups is 1. The van der Waals surface area contributed by atoms with E-state index in [0.717, 1.165) is 0 Å². The van der Waals surface area contributed by atoms with Gasteiger partial charge in [-0.15, -0.1) is 0 Å². The van der Waals surface area contributed by atoms with E-state index < -0.39 is 22.1 Å². The van der Waals surface area contributed by atoms with Gasteiger partial charge in [-0.3, -0.25) is 4.79 Å². The largest absolute Gasteiger partial charge is 0.495 e. The lowest BCUT2D eigenvalue weighted by Gasteiger charge is -2.27. The highest BCUT2D eigenvalue weighted by molar-refractivity contribution is 7.89. The van der Waals surface area contributed by atoms with Crippen LogP contribution in [0.4, 0.5) is 11.4 Å². The summed E-state index contributed by atoms with van der Waals surface area (Å²) in [6.07, 6.45) is -1.13. The van der Waals surface area contributed by atoms with Crippen LogP contribution in [0, 0.1) is 0 Å². The molecule has 1 amide bonds. The van der Waals surface area contributed by atoms with Crippen molar-refractivity contribution in [2.24, 2.45) is 0 Å². The number of hydrogen-bond donors (Lipinski definition) is 3. The van der Waals surface area contributed by atoms with E-state index in [-0.39, 0.29) is 4.90 Å². The van der Waals surface area contributed by atoms with Gasteiger partial charge in [0, 0.05) is 5.69 Å². The fourth-order valence-corrected chi connectivity index (χ4v) is 3.84. The highest BCUT2D eigenvalue weighted by Crippen LogP contribution is 2.28. The van der Waals surface area contributed by atoms with Gasteiger partial charge in [0.15, 0.2) is 6.17 Å². The Kier molecular flexibility index (Phi) is 4.35. The number of rotatable bonds is 3. The van der Waals surface area contributed by atoms with Crippen molar-refractivity contribution >= 4 is 38.9 Å². The number of anilines is 2. The summed E-state index contributed by atoms with van der Waals surface area (Å²) in [6, 6.07) is 11.1. The SMILES string of the molecule is COc1ccc(NC(=O)[C@@H]2Nc3ccccc3S(=O)(=O)N2)cc1Cl. The second-order valence-electron chi connectivity index (χ2n) is 5.03. The number of nitrogens with one attached hydrogen (secondary N) is 3. The average molecular weight is 368 g/mol. The van der Waals surface area contributed by atoms with Crippen LogP contribution in [0.5, 0.6) is 5.75 Å². The molecule has 0 saturated heterocycles. The molecule has 1 heterocycles. The Morgan fingerprint density at radius 3 is 2.71 bits per heavy atom. The third kappa shape index (κ3) is 3.16. The third-order valence-corrected chi connectivity index (χ3v) is 5.21. The molecule has 0 aliphatic carbocycles. The monoisotopic (exact) mass is 367 g/mol. The normalized spacial score (nSPS) is 18.2. The Morgan fingerprint density at radius 1 is 1.25 bits per heavy atom. The highest BCUT2D eigenvalue weighted by Gasteiger charge is 2.32. The first-order valence-electron chi connectivity index (χ1n) is 6.93. The minimum Gasteiger partial charge on any atom is -0.495 e. The molecule has 2 aromatic carbocycles. The van der Waals surface area contributed by atoms with Crippen molar-refractivity contribution in [3.63, 3.8) is 0 Å². The number of para-hydroxylation sites is 1. The van der Waals surface area contributed by atoms with Crippen LogP contribution < -0.4 is 20.1 Å². The van der Waals surface area contributed by atoms with Gasteiger partial charge in [-0.05, 0) is 30.3 Å². The van der Waals surface area contributed by atoms with Crippen molar-refractivity contribution in [2.45, 2.75) is 11.1 Å². The van der Waals surface area contributed by atoms with Crippen molar-refractivity contribution in [1.29, 1.82) is 0 Å². The molecule has 24 heavy (non-hydrogen) atoms. The van der Waals surface area contributed by atoms with Gasteiger partial charge in [-0.2, -0.15) is 4.72 Å². The van der Waals surface area contributed by atoms with E-state index in [2.05, 4.69) is 15.4 Å². The molecule has 9 heteroatoms. The molecule has 0 bridgehead atoms. The fraction of sp³-hybridized carbons (Fsp3) is 0.133. The maximum Gasteiger partial charge on any atom is 0.262 e. The van der Waals surface area contributed by atoms with E-state index in [1.807, 2.05) is 0 Å². The number of benzene rings is 2. The smallest absolute Gasteiger partial charge is 0.262 e. The molecule has 0 aromatic heterocycles. The number of amides is 1. The summed E-state index contributed by atoms with van der Waals surface area (Å²) in [7, 11) is -2.28. The van der Waals surface area contributed by atoms with Crippen LogP contribution in [0.1, 0.15) is 0 Å². The van der Waals surface area contributed by atoms with Gasteiger partial charge in [0.2, 0.25) is 10.0 Å². The van der Waals surface area contributed by atoms with Gasteiger partial charge in [-0.25, -0.2) is 8.42 Å². The second-order valence-corrected chi connectivity index (χ2v) is 7.12. The molecule has 0 fully saturated rings. The van der Waals surface area contributed by atoms with Crippen LogP contribution in [-0.2, 0) is 14.8 Å². The predicted octanol–water partition coefficient (Wildman–Crippen LogP) is 2.02. The summed E-state index contributed by atoms with van der Waals surface area (Å²) in [6.45, 7) is 0. The van der Waals surface area contributed by atoms with Gasteiger partial charge in [0.25, 0.3) is 5.91 Å². The molecule has 3 rings (SSSR count). The topological polar surface area (TPSA) is 96.5 Å². The Morgan fingerprint density at radius 2 is 2.00 bits per heavy atom. The number of carbonyl (C=O) groups excluding carboxylic acids is 1. The zero-order valence-electron chi connectivity index (χ0n) is 12.5. The zero-order valence-corrected chi connectivity index (χ0v) is 14.1. The molecule has 2 aromatic rings. The van der Waals surface area contributed by atoms with Crippen molar-refractivity contribution in [3.8, 4) is 5.75 Å². The first-order valence-corrected chi connectivity index (χ1v) is 8.79. The van der Waals surface area contributed by atoms with Gasteiger partial charge in [0.1, 0.15) is 10.6 Å². The minimum absolute atomic E-state index is 0.0986.